The van der Waals surface area contributed by atoms with Crippen molar-refractivity contribution in [3.8, 4) is 0 Å². The lowest BCUT2D eigenvalue weighted by Gasteiger charge is -2.36. The van der Waals surface area contributed by atoms with Crippen LogP contribution in [0, 0.1) is 0 Å². The van der Waals surface area contributed by atoms with E-state index in [1.807, 2.05) is 0 Å². The fraction of sp³-hybridized carbons (Fsp3) is 0.467. The van der Waals surface area contributed by atoms with Crippen molar-refractivity contribution in [3.05, 3.63) is 35.9 Å². The lowest BCUT2D eigenvalue weighted by Crippen LogP contribution is -2.37. The number of anilines is 1. The van der Waals surface area contributed by atoms with Gasteiger partial charge in [0.15, 0.2) is 0 Å². The van der Waals surface area contributed by atoms with Crippen molar-refractivity contribution in [2.24, 2.45) is 0 Å². The standard InChI is InChI=1S/C15H18F3N/c1-3-12-10-13(15(16,17)18)7-8-14(12)19-9-5-4-6-11(19)2/h3,7-8,10-11H,1,4-6,9H2,2H3. The average molecular weight is 269 g/mol. The molecule has 104 valence electrons. The molecule has 1 aromatic rings. The minimum atomic E-state index is -4.30. The van der Waals surface area contributed by atoms with E-state index >= 15 is 0 Å². The zero-order valence-electron chi connectivity index (χ0n) is 11.0. The Hall–Kier alpha value is -1.45. The van der Waals surface area contributed by atoms with Crippen LogP contribution in [0.25, 0.3) is 6.08 Å². The second-order valence-corrected chi connectivity index (χ2v) is 5.01. The van der Waals surface area contributed by atoms with Gasteiger partial charge in [-0.15, -0.1) is 0 Å². The average Bonchev–Trinajstić information content (AvgIpc) is 2.37. The van der Waals surface area contributed by atoms with E-state index in [4.69, 9.17) is 0 Å². The number of rotatable bonds is 2. The monoisotopic (exact) mass is 269 g/mol. The molecular formula is C15H18F3N. The summed E-state index contributed by atoms with van der Waals surface area (Å²) in [4.78, 5) is 2.18. The van der Waals surface area contributed by atoms with E-state index in [9.17, 15) is 13.2 Å². The first-order valence-electron chi connectivity index (χ1n) is 6.54. The van der Waals surface area contributed by atoms with Crippen molar-refractivity contribution < 1.29 is 13.2 Å². The van der Waals surface area contributed by atoms with Gasteiger partial charge in [-0.3, -0.25) is 0 Å². The summed E-state index contributed by atoms with van der Waals surface area (Å²) in [7, 11) is 0. The van der Waals surface area contributed by atoms with Crippen LogP contribution in [0.4, 0.5) is 18.9 Å². The first-order chi connectivity index (χ1) is 8.93. The second kappa shape index (κ2) is 5.27. The van der Waals surface area contributed by atoms with Crippen molar-refractivity contribution in [1.82, 2.24) is 0 Å². The SMILES string of the molecule is C=Cc1cc(C(F)(F)F)ccc1N1CCCCC1C. The third-order valence-corrected chi connectivity index (χ3v) is 3.69. The molecule has 1 heterocycles. The molecule has 0 spiro atoms. The summed E-state index contributed by atoms with van der Waals surface area (Å²) in [6.45, 7) is 6.65. The predicted octanol–water partition coefficient (Wildman–Crippen LogP) is 4.73. The molecule has 0 amide bonds. The predicted molar refractivity (Wildman–Crippen MR) is 72.2 cm³/mol. The first-order valence-corrected chi connectivity index (χ1v) is 6.54. The number of hydrogen-bond donors (Lipinski definition) is 0. The van der Waals surface area contributed by atoms with Gasteiger partial charge in [0.25, 0.3) is 0 Å². The summed E-state index contributed by atoms with van der Waals surface area (Å²) in [6.07, 6.45) is 0.553. The van der Waals surface area contributed by atoms with E-state index in [1.54, 1.807) is 6.07 Å². The minimum absolute atomic E-state index is 0.365. The molecule has 0 N–H and O–H groups in total. The Balaban J connectivity index is 2.38. The van der Waals surface area contributed by atoms with Gasteiger partial charge in [-0.25, -0.2) is 0 Å². The molecule has 4 heteroatoms. The third-order valence-electron chi connectivity index (χ3n) is 3.69. The van der Waals surface area contributed by atoms with Gasteiger partial charge in [-0.2, -0.15) is 13.2 Å². The van der Waals surface area contributed by atoms with E-state index in [-0.39, 0.29) is 0 Å². The van der Waals surface area contributed by atoms with Crippen molar-refractivity contribution >= 4 is 11.8 Å². The molecule has 1 fully saturated rings. The van der Waals surface area contributed by atoms with Crippen LogP contribution >= 0.6 is 0 Å². The van der Waals surface area contributed by atoms with E-state index in [2.05, 4.69) is 18.4 Å². The smallest absolute Gasteiger partial charge is 0.368 e. The van der Waals surface area contributed by atoms with E-state index in [1.165, 1.54) is 18.6 Å². The Kier molecular flexibility index (Phi) is 3.88. The number of nitrogens with zero attached hydrogens (tertiary/aromatic N) is 1. The van der Waals surface area contributed by atoms with Crippen LogP contribution in [0.15, 0.2) is 24.8 Å². The molecule has 19 heavy (non-hydrogen) atoms. The summed E-state index contributed by atoms with van der Waals surface area (Å²) in [6, 6.07) is 4.28. The van der Waals surface area contributed by atoms with Crippen molar-refractivity contribution in [2.75, 3.05) is 11.4 Å². The zero-order chi connectivity index (χ0) is 14.0. The van der Waals surface area contributed by atoms with Crippen molar-refractivity contribution in [2.45, 2.75) is 38.4 Å². The Bertz CT molecular complexity index is 465. The fourth-order valence-electron chi connectivity index (χ4n) is 2.61. The molecule has 1 nitrogen and oxygen atoms in total. The number of benzene rings is 1. The van der Waals surface area contributed by atoms with Crippen molar-refractivity contribution in [1.29, 1.82) is 0 Å². The Morgan fingerprint density at radius 3 is 2.63 bits per heavy atom. The largest absolute Gasteiger partial charge is 0.416 e. The van der Waals surface area contributed by atoms with Gasteiger partial charge in [0.1, 0.15) is 0 Å². The summed E-state index contributed by atoms with van der Waals surface area (Å²) in [5.74, 6) is 0. The molecule has 0 saturated carbocycles. The number of halogens is 3. The third kappa shape index (κ3) is 2.94. The van der Waals surface area contributed by atoms with Gasteiger partial charge >= 0.3 is 6.18 Å². The van der Waals surface area contributed by atoms with Crippen LogP contribution in [0.1, 0.15) is 37.3 Å². The summed E-state index contributed by atoms with van der Waals surface area (Å²) in [5, 5.41) is 0. The number of piperidine rings is 1. The summed E-state index contributed by atoms with van der Waals surface area (Å²) >= 11 is 0. The van der Waals surface area contributed by atoms with Gasteiger partial charge in [0.05, 0.1) is 5.56 Å². The van der Waals surface area contributed by atoms with Crippen molar-refractivity contribution in [3.63, 3.8) is 0 Å². The van der Waals surface area contributed by atoms with Crippen LogP contribution in [-0.2, 0) is 6.18 Å². The highest BCUT2D eigenvalue weighted by Crippen LogP contribution is 2.35. The molecule has 1 aliphatic rings. The highest BCUT2D eigenvalue weighted by molar-refractivity contribution is 5.68. The van der Waals surface area contributed by atoms with Gasteiger partial charge in [-0.05, 0) is 49.9 Å². The van der Waals surface area contributed by atoms with Gasteiger partial charge in [0.2, 0.25) is 0 Å². The normalized spacial score (nSPS) is 20.4. The molecule has 1 atom stereocenters. The molecule has 2 rings (SSSR count). The van der Waals surface area contributed by atoms with Crippen LogP contribution in [0.2, 0.25) is 0 Å². The highest BCUT2D eigenvalue weighted by atomic mass is 19.4. The molecule has 1 unspecified atom stereocenters. The van der Waals surface area contributed by atoms with E-state index in [0.717, 1.165) is 31.1 Å². The van der Waals surface area contributed by atoms with Crippen LogP contribution in [0.3, 0.4) is 0 Å². The summed E-state index contributed by atoms with van der Waals surface area (Å²) < 4.78 is 38.1. The molecule has 0 aromatic heterocycles. The van der Waals surface area contributed by atoms with Crippen LogP contribution in [-0.4, -0.2) is 12.6 Å². The van der Waals surface area contributed by atoms with Gasteiger partial charge in [-0.1, -0.05) is 12.7 Å². The van der Waals surface area contributed by atoms with Gasteiger partial charge < -0.3 is 4.90 Å². The van der Waals surface area contributed by atoms with Gasteiger partial charge in [0, 0.05) is 18.3 Å². The molecular weight excluding hydrogens is 251 g/mol. The fourth-order valence-corrected chi connectivity index (χ4v) is 2.61. The molecule has 1 saturated heterocycles. The lowest BCUT2D eigenvalue weighted by atomic mass is 10.00. The Morgan fingerprint density at radius 1 is 1.32 bits per heavy atom. The molecule has 0 aliphatic carbocycles. The molecule has 1 aromatic carbocycles. The minimum Gasteiger partial charge on any atom is -0.368 e. The summed E-state index contributed by atoms with van der Waals surface area (Å²) in [5.41, 5.74) is 0.801. The maximum atomic E-state index is 12.7. The molecule has 0 bridgehead atoms. The topological polar surface area (TPSA) is 3.24 Å². The maximum absolute atomic E-state index is 12.7. The highest BCUT2D eigenvalue weighted by Gasteiger charge is 2.31. The first kappa shape index (κ1) is 14.0. The lowest BCUT2D eigenvalue weighted by molar-refractivity contribution is -0.137. The maximum Gasteiger partial charge on any atom is 0.416 e. The number of alkyl halides is 3. The van der Waals surface area contributed by atoms with Crippen LogP contribution < -0.4 is 4.90 Å². The molecule has 0 radical (unpaired) electrons. The van der Waals surface area contributed by atoms with E-state index < -0.39 is 11.7 Å². The Labute approximate surface area is 111 Å². The number of hydrogen-bond acceptors (Lipinski definition) is 1. The second-order valence-electron chi connectivity index (χ2n) is 5.01. The molecule has 1 aliphatic heterocycles. The van der Waals surface area contributed by atoms with Crippen LogP contribution in [0.5, 0.6) is 0 Å². The Morgan fingerprint density at radius 2 is 2.05 bits per heavy atom. The zero-order valence-corrected chi connectivity index (χ0v) is 11.0. The van der Waals surface area contributed by atoms with E-state index in [0.29, 0.717) is 11.6 Å². The quantitative estimate of drug-likeness (QED) is 0.750.